The van der Waals surface area contributed by atoms with E-state index in [4.69, 9.17) is 14.2 Å². The van der Waals surface area contributed by atoms with Gasteiger partial charge in [-0.15, -0.1) is 0 Å². The molecule has 2 aliphatic heterocycles. The minimum Gasteiger partial charge on any atom is -0.487 e. The van der Waals surface area contributed by atoms with E-state index >= 15 is 4.39 Å². The second-order valence-electron chi connectivity index (χ2n) is 14.2. The summed E-state index contributed by atoms with van der Waals surface area (Å²) < 4.78 is 62.6. The van der Waals surface area contributed by atoms with Gasteiger partial charge in [-0.3, -0.25) is 9.69 Å². The van der Waals surface area contributed by atoms with Gasteiger partial charge < -0.3 is 19.1 Å². The van der Waals surface area contributed by atoms with E-state index < -0.39 is 63.6 Å². The summed E-state index contributed by atoms with van der Waals surface area (Å²) in [4.78, 5) is 42.2. The molecule has 4 rings (SSSR count). The van der Waals surface area contributed by atoms with E-state index in [0.29, 0.717) is 17.3 Å². The quantitative estimate of drug-likeness (QED) is 0.366. The molecule has 0 saturated carbocycles. The van der Waals surface area contributed by atoms with Gasteiger partial charge >= 0.3 is 22.4 Å². The van der Waals surface area contributed by atoms with Gasteiger partial charge in [0.2, 0.25) is 0 Å². The minimum atomic E-state index is -4.43. The number of amides is 3. The number of hydrogen-bond acceptors (Lipinski definition) is 8. The molecule has 0 radical (unpaired) electrons. The van der Waals surface area contributed by atoms with Crippen LogP contribution in [0, 0.1) is 11.7 Å². The fraction of sp³-hybridized carbons (Fsp3) is 0.545. The Kier molecular flexibility index (Phi) is 10.3. The molecule has 12 nitrogen and oxygen atoms in total. The summed E-state index contributed by atoms with van der Waals surface area (Å²) in [7, 11) is -4.43. The average molecular weight is 677 g/mol. The Morgan fingerprint density at radius 2 is 1.70 bits per heavy atom. The lowest BCUT2D eigenvalue weighted by Crippen LogP contribution is -2.49. The smallest absolute Gasteiger partial charge is 0.415 e. The van der Waals surface area contributed by atoms with Crippen molar-refractivity contribution >= 4 is 39.7 Å². The van der Waals surface area contributed by atoms with Crippen molar-refractivity contribution in [2.75, 3.05) is 28.8 Å². The molecule has 2 heterocycles. The van der Waals surface area contributed by atoms with Crippen molar-refractivity contribution in [1.29, 1.82) is 0 Å². The van der Waals surface area contributed by atoms with Crippen LogP contribution in [0.4, 0.5) is 25.4 Å². The topological polar surface area (TPSA) is 135 Å². The number of ether oxygens (including phenoxy) is 3. The Balaban J connectivity index is 1.83. The first-order chi connectivity index (χ1) is 21.8. The third-order valence-electron chi connectivity index (χ3n) is 7.30. The highest BCUT2D eigenvalue weighted by molar-refractivity contribution is 7.92. The lowest BCUT2D eigenvalue weighted by Gasteiger charge is -2.34. The Bertz CT molecular complexity index is 1600. The van der Waals surface area contributed by atoms with Crippen molar-refractivity contribution in [1.82, 2.24) is 9.62 Å². The van der Waals surface area contributed by atoms with Crippen LogP contribution in [0.15, 0.2) is 36.4 Å². The number of anilines is 2. The Labute approximate surface area is 276 Å². The SMILES string of the molecule is CC(C)CCN(C[C@H]1Cc2c(cc(OCc3ccccc3)c(N3CC(=O)NS3(=O)=O)c2F)N1C(=O)OC(C)(C)C)C(=O)OC(C)(C)C. The number of carbonyl (C=O) groups excluding carboxylic acids is 3. The number of fused-ring (bicyclic) bond motifs is 1. The van der Waals surface area contributed by atoms with Gasteiger partial charge in [0.15, 0.2) is 5.82 Å². The molecule has 1 saturated heterocycles. The van der Waals surface area contributed by atoms with Gasteiger partial charge in [0.25, 0.3) is 5.91 Å². The van der Waals surface area contributed by atoms with Crippen LogP contribution in [0.3, 0.4) is 0 Å². The van der Waals surface area contributed by atoms with Gasteiger partial charge in [0, 0.05) is 31.1 Å². The Hall–Kier alpha value is -4.07. The van der Waals surface area contributed by atoms with E-state index in [0.717, 1.165) is 5.56 Å². The molecule has 2 aromatic carbocycles. The first-order valence-electron chi connectivity index (χ1n) is 15.6. The van der Waals surface area contributed by atoms with Crippen molar-refractivity contribution in [2.24, 2.45) is 5.92 Å². The lowest BCUT2D eigenvalue weighted by molar-refractivity contribution is -0.117. The number of rotatable bonds is 9. The summed E-state index contributed by atoms with van der Waals surface area (Å²) >= 11 is 0. The summed E-state index contributed by atoms with van der Waals surface area (Å²) in [5.74, 6) is -1.73. The zero-order chi connectivity index (χ0) is 34.9. The van der Waals surface area contributed by atoms with E-state index in [1.54, 1.807) is 65.8 Å². The monoisotopic (exact) mass is 676 g/mol. The Morgan fingerprint density at radius 3 is 2.26 bits per heavy atom. The van der Waals surface area contributed by atoms with Crippen LogP contribution in [-0.2, 0) is 37.5 Å². The molecule has 1 atom stereocenters. The van der Waals surface area contributed by atoms with Crippen LogP contribution in [0.2, 0.25) is 0 Å². The first-order valence-corrected chi connectivity index (χ1v) is 17.1. The highest BCUT2D eigenvalue weighted by atomic mass is 32.2. The molecule has 1 N–H and O–H groups in total. The van der Waals surface area contributed by atoms with Crippen molar-refractivity contribution in [3.8, 4) is 5.75 Å². The van der Waals surface area contributed by atoms with Crippen LogP contribution < -0.4 is 18.7 Å². The lowest BCUT2D eigenvalue weighted by atomic mass is 10.1. The molecule has 2 aliphatic rings. The molecule has 3 amide bonds. The van der Waals surface area contributed by atoms with Gasteiger partial charge in [-0.05, 0) is 59.4 Å². The zero-order valence-corrected chi connectivity index (χ0v) is 29.1. The highest BCUT2D eigenvalue weighted by Gasteiger charge is 2.45. The summed E-state index contributed by atoms with van der Waals surface area (Å²) in [6, 6.07) is 9.56. The third kappa shape index (κ3) is 8.85. The van der Waals surface area contributed by atoms with Gasteiger partial charge in [-0.2, -0.15) is 8.42 Å². The molecular weight excluding hydrogens is 631 g/mol. The van der Waals surface area contributed by atoms with Crippen LogP contribution in [0.1, 0.15) is 72.9 Å². The highest BCUT2D eigenvalue weighted by Crippen LogP contribution is 2.46. The van der Waals surface area contributed by atoms with E-state index in [1.807, 2.05) is 24.6 Å². The zero-order valence-electron chi connectivity index (χ0n) is 28.3. The summed E-state index contributed by atoms with van der Waals surface area (Å²) in [5.41, 5.74) is -1.30. The fourth-order valence-electron chi connectivity index (χ4n) is 5.26. The van der Waals surface area contributed by atoms with Crippen molar-refractivity contribution < 1.29 is 41.4 Å². The van der Waals surface area contributed by atoms with Gasteiger partial charge in [-0.25, -0.2) is 23.0 Å². The van der Waals surface area contributed by atoms with Crippen molar-refractivity contribution in [2.45, 2.75) is 92.1 Å². The third-order valence-corrected chi connectivity index (χ3v) is 8.68. The standard InChI is InChI=1S/C33H45FN4O8S/c1-21(2)14-15-36(30(40)45-32(3,4)5)18-23-16-24-25(38(23)31(41)46-33(6,7)8)17-26(44-20-22-12-10-9-11-13-22)29(28(24)34)37-19-27(39)35-47(37,42)43/h9-13,17,21,23H,14-16,18-20H2,1-8H3,(H,35,39)/t23-/m1/s1. The molecule has 258 valence electrons. The van der Waals surface area contributed by atoms with Gasteiger partial charge in [0.05, 0.1) is 11.7 Å². The Morgan fingerprint density at radius 1 is 1.06 bits per heavy atom. The molecule has 0 aliphatic carbocycles. The minimum absolute atomic E-state index is 0.0190. The van der Waals surface area contributed by atoms with E-state index in [1.165, 1.54) is 15.9 Å². The second-order valence-corrected chi connectivity index (χ2v) is 15.8. The normalized spacial score (nSPS) is 17.4. The molecule has 0 spiro atoms. The number of carbonyl (C=O) groups is 3. The number of nitrogens with zero attached hydrogens (tertiary/aromatic N) is 3. The molecule has 0 bridgehead atoms. The molecule has 0 unspecified atom stereocenters. The second kappa shape index (κ2) is 13.6. The largest absolute Gasteiger partial charge is 0.487 e. The van der Waals surface area contributed by atoms with Crippen LogP contribution in [-0.4, -0.2) is 68.3 Å². The molecule has 14 heteroatoms. The molecule has 0 aromatic heterocycles. The van der Waals surface area contributed by atoms with Crippen molar-refractivity contribution in [3.05, 3.63) is 53.3 Å². The summed E-state index contributed by atoms with van der Waals surface area (Å²) in [6.07, 6.45) is -0.794. The summed E-state index contributed by atoms with van der Waals surface area (Å²) in [6.45, 7) is 14.0. The van der Waals surface area contributed by atoms with E-state index in [2.05, 4.69) is 0 Å². The van der Waals surface area contributed by atoms with Crippen LogP contribution in [0.5, 0.6) is 5.75 Å². The van der Waals surface area contributed by atoms with Crippen LogP contribution >= 0.6 is 0 Å². The number of halogens is 1. The summed E-state index contributed by atoms with van der Waals surface area (Å²) in [5, 5.41) is 0. The predicted octanol–water partition coefficient (Wildman–Crippen LogP) is 5.54. The molecule has 2 aromatic rings. The van der Waals surface area contributed by atoms with Gasteiger partial charge in [0.1, 0.15) is 35.8 Å². The molecular formula is C33H45FN4O8S. The predicted molar refractivity (Wildman–Crippen MR) is 175 cm³/mol. The van der Waals surface area contributed by atoms with E-state index in [-0.39, 0.29) is 42.5 Å². The van der Waals surface area contributed by atoms with Crippen molar-refractivity contribution in [3.63, 3.8) is 0 Å². The molecule has 47 heavy (non-hydrogen) atoms. The number of nitrogens with one attached hydrogen (secondary N) is 1. The number of benzene rings is 2. The van der Waals surface area contributed by atoms with Gasteiger partial charge in [-0.1, -0.05) is 44.2 Å². The fourth-order valence-corrected chi connectivity index (χ4v) is 6.42. The first kappa shape index (κ1) is 35.8. The molecule has 1 fully saturated rings. The average Bonchev–Trinajstić information content (AvgIpc) is 3.43. The number of hydrogen-bond donors (Lipinski definition) is 1. The van der Waals surface area contributed by atoms with Crippen LogP contribution in [0.25, 0.3) is 0 Å². The maximum Gasteiger partial charge on any atom is 0.415 e. The maximum atomic E-state index is 16.8. The maximum absolute atomic E-state index is 16.8. The van der Waals surface area contributed by atoms with E-state index in [9.17, 15) is 22.8 Å².